The minimum atomic E-state index is -0.611. The minimum Gasteiger partial charge on any atom is -0.392 e. The fourth-order valence-corrected chi connectivity index (χ4v) is 5.43. The third-order valence-electron chi connectivity index (χ3n) is 8.05. The van der Waals surface area contributed by atoms with E-state index in [1.54, 1.807) is 0 Å². The topological polar surface area (TPSA) is 88.2 Å². The van der Waals surface area contributed by atoms with E-state index in [-0.39, 0.29) is 24.9 Å². The summed E-state index contributed by atoms with van der Waals surface area (Å²) in [6.45, 7) is 3.17. The van der Waals surface area contributed by atoms with E-state index < -0.39 is 12.4 Å². The van der Waals surface area contributed by atoms with Gasteiger partial charge in [0.15, 0.2) is 6.29 Å². The average molecular weight is 553 g/mol. The normalized spacial score (nSPS) is 20.6. The lowest BCUT2D eigenvalue weighted by Crippen LogP contribution is -2.43. The van der Waals surface area contributed by atoms with Crippen LogP contribution in [0.1, 0.15) is 59.7 Å². The number of benzene rings is 4. The molecule has 0 aromatic heterocycles. The van der Waals surface area contributed by atoms with Crippen molar-refractivity contribution in [2.75, 3.05) is 13.6 Å². The largest absolute Gasteiger partial charge is 0.392 e. The summed E-state index contributed by atoms with van der Waals surface area (Å²) >= 11 is 0. The zero-order valence-corrected chi connectivity index (χ0v) is 23.8. The fourth-order valence-electron chi connectivity index (χ4n) is 5.43. The van der Waals surface area contributed by atoms with Gasteiger partial charge in [-0.05, 0) is 59.5 Å². The van der Waals surface area contributed by atoms with Gasteiger partial charge in [0.1, 0.15) is 0 Å². The molecule has 214 valence electrons. The molecule has 0 radical (unpaired) electrons. The van der Waals surface area contributed by atoms with Gasteiger partial charge in [0, 0.05) is 31.1 Å². The summed E-state index contributed by atoms with van der Waals surface area (Å²) in [4.78, 5) is 2.16. The fraction of sp³-hybridized carbons (Fsp3) is 0.314. The Morgan fingerprint density at radius 1 is 0.829 bits per heavy atom. The summed E-state index contributed by atoms with van der Waals surface area (Å²) in [6, 6.07) is 34.1. The van der Waals surface area contributed by atoms with E-state index in [2.05, 4.69) is 29.2 Å². The first-order valence-electron chi connectivity index (χ1n) is 14.3. The molecule has 1 fully saturated rings. The lowest BCUT2D eigenvalue weighted by atomic mass is 9.97. The highest BCUT2D eigenvalue weighted by molar-refractivity contribution is 5.65. The standard InChI is InChI=1S/C35H40N2O4/c1-24(34(39)28-9-4-3-5-10-28)37(2)22-32-20-33(27-16-14-25(23-38)15-17-27)41-35(40-32)31-13-7-12-30(19-31)29-11-6-8-26(18-29)21-36/h3-19,24,32-35,38-39H,20-23,36H2,1-2H3/t24-,32-,33+,34-,35+/m1/s1. The van der Waals surface area contributed by atoms with Gasteiger partial charge in [-0.1, -0.05) is 91.0 Å². The third-order valence-corrected chi connectivity index (χ3v) is 8.05. The number of aliphatic hydroxyl groups is 2. The molecule has 0 unspecified atom stereocenters. The van der Waals surface area contributed by atoms with Crippen molar-refractivity contribution < 1.29 is 19.7 Å². The molecule has 0 bridgehead atoms. The first-order valence-corrected chi connectivity index (χ1v) is 14.3. The Hall–Kier alpha value is -3.36. The molecule has 4 N–H and O–H groups in total. The summed E-state index contributed by atoms with van der Waals surface area (Å²) < 4.78 is 13.2. The molecule has 5 rings (SSSR count). The number of likely N-dealkylation sites (N-methyl/N-ethyl adjacent to an activating group) is 1. The summed E-state index contributed by atoms with van der Waals surface area (Å²) in [5.41, 5.74) is 12.9. The maximum atomic E-state index is 11.0. The molecule has 41 heavy (non-hydrogen) atoms. The van der Waals surface area contributed by atoms with Crippen LogP contribution >= 0.6 is 0 Å². The smallest absolute Gasteiger partial charge is 0.184 e. The van der Waals surface area contributed by atoms with Crippen LogP contribution in [0.25, 0.3) is 11.1 Å². The van der Waals surface area contributed by atoms with E-state index >= 15 is 0 Å². The summed E-state index contributed by atoms with van der Waals surface area (Å²) in [6.07, 6.45) is -0.809. The first kappa shape index (κ1) is 29.1. The van der Waals surface area contributed by atoms with Gasteiger partial charge in [0.2, 0.25) is 0 Å². The number of ether oxygens (including phenoxy) is 2. The summed E-state index contributed by atoms with van der Waals surface area (Å²) in [5, 5.41) is 20.6. The Balaban J connectivity index is 1.39. The van der Waals surface area contributed by atoms with Crippen molar-refractivity contribution in [3.8, 4) is 11.1 Å². The van der Waals surface area contributed by atoms with Crippen molar-refractivity contribution in [2.45, 2.75) is 57.1 Å². The number of nitrogens with zero attached hydrogens (tertiary/aromatic N) is 1. The molecule has 0 amide bonds. The lowest BCUT2D eigenvalue weighted by molar-refractivity contribution is -0.253. The molecule has 1 saturated heterocycles. The zero-order chi connectivity index (χ0) is 28.8. The number of hydrogen-bond donors (Lipinski definition) is 3. The van der Waals surface area contributed by atoms with Crippen molar-refractivity contribution in [3.05, 3.63) is 131 Å². The van der Waals surface area contributed by atoms with Crippen LogP contribution in [0.15, 0.2) is 103 Å². The second-order valence-corrected chi connectivity index (χ2v) is 10.9. The Bertz CT molecular complexity index is 1390. The molecule has 6 nitrogen and oxygen atoms in total. The minimum absolute atomic E-state index is 0.00470. The Kier molecular flexibility index (Phi) is 9.62. The van der Waals surface area contributed by atoms with E-state index in [4.69, 9.17) is 15.2 Å². The molecule has 0 spiro atoms. The predicted molar refractivity (Wildman–Crippen MR) is 162 cm³/mol. The number of hydrogen-bond acceptors (Lipinski definition) is 6. The van der Waals surface area contributed by atoms with Crippen molar-refractivity contribution >= 4 is 0 Å². The number of aliphatic hydroxyl groups excluding tert-OH is 2. The van der Waals surface area contributed by atoms with Crippen LogP contribution in [0.3, 0.4) is 0 Å². The molecule has 1 heterocycles. The molecule has 5 atom stereocenters. The van der Waals surface area contributed by atoms with Crippen molar-refractivity contribution in [2.24, 2.45) is 5.73 Å². The average Bonchev–Trinajstić information content (AvgIpc) is 3.04. The van der Waals surface area contributed by atoms with Crippen molar-refractivity contribution in [3.63, 3.8) is 0 Å². The van der Waals surface area contributed by atoms with Crippen LogP contribution in [0, 0.1) is 0 Å². The van der Waals surface area contributed by atoms with Gasteiger partial charge in [-0.3, -0.25) is 4.90 Å². The number of nitrogens with two attached hydrogens (primary N) is 1. The van der Waals surface area contributed by atoms with E-state index in [0.717, 1.165) is 38.9 Å². The third kappa shape index (κ3) is 7.11. The quantitative estimate of drug-likeness (QED) is 0.227. The maximum Gasteiger partial charge on any atom is 0.184 e. The van der Waals surface area contributed by atoms with Crippen LogP contribution in [0.5, 0.6) is 0 Å². The van der Waals surface area contributed by atoms with Crippen molar-refractivity contribution in [1.29, 1.82) is 0 Å². The molecule has 4 aromatic rings. The van der Waals surface area contributed by atoms with Gasteiger partial charge >= 0.3 is 0 Å². The van der Waals surface area contributed by atoms with Crippen LogP contribution in [-0.4, -0.2) is 40.9 Å². The van der Waals surface area contributed by atoms with Crippen LogP contribution < -0.4 is 5.73 Å². The molecule has 1 aliphatic heterocycles. The Morgan fingerprint density at radius 2 is 1.54 bits per heavy atom. The van der Waals surface area contributed by atoms with E-state index in [9.17, 15) is 10.2 Å². The van der Waals surface area contributed by atoms with Gasteiger partial charge in [-0.15, -0.1) is 0 Å². The van der Waals surface area contributed by atoms with E-state index in [0.29, 0.717) is 19.5 Å². The predicted octanol–water partition coefficient (Wildman–Crippen LogP) is 5.90. The van der Waals surface area contributed by atoms with Gasteiger partial charge in [0.05, 0.1) is 24.9 Å². The van der Waals surface area contributed by atoms with Gasteiger partial charge < -0.3 is 25.4 Å². The molecule has 6 heteroatoms. The highest BCUT2D eigenvalue weighted by Crippen LogP contribution is 2.39. The van der Waals surface area contributed by atoms with Crippen molar-refractivity contribution in [1.82, 2.24) is 4.90 Å². The van der Waals surface area contributed by atoms with Crippen LogP contribution in [-0.2, 0) is 22.6 Å². The first-order chi connectivity index (χ1) is 19.9. The highest BCUT2D eigenvalue weighted by Gasteiger charge is 2.34. The number of rotatable bonds is 10. The van der Waals surface area contributed by atoms with Gasteiger partial charge in [-0.2, -0.15) is 0 Å². The molecule has 1 aliphatic rings. The SMILES string of the molecule is C[C@H]([C@@H](O)c1ccccc1)N(C)C[C@H]1C[C@@H](c2ccc(CO)cc2)O[C@@H](c2cccc(-c3cccc(CN)c3)c2)O1. The van der Waals surface area contributed by atoms with Crippen LogP contribution in [0.4, 0.5) is 0 Å². The molecular formula is C35H40N2O4. The summed E-state index contributed by atoms with van der Waals surface area (Å²) in [7, 11) is 2.03. The summed E-state index contributed by atoms with van der Waals surface area (Å²) in [5.74, 6) is 0. The molecule has 0 saturated carbocycles. The maximum absolute atomic E-state index is 11.0. The monoisotopic (exact) mass is 552 g/mol. The van der Waals surface area contributed by atoms with E-state index in [1.807, 2.05) is 92.8 Å². The van der Waals surface area contributed by atoms with Gasteiger partial charge in [-0.25, -0.2) is 0 Å². The Morgan fingerprint density at radius 3 is 2.24 bits per heavy atom. The molecule has 4 aromatic carbocycles. The second kappa shape index (κ2) is 13.5. The van der Waals surface area contributed by atoms with Gasteiger partial charge in [0.25, 0.3) is 0 Å². The highest BCUT2D eigenvalue weighted by atomic mass is 16.7. The van der Waals surface area contributed by atoms with Crippen LogP contribution in [0.2, 0.25) is 0 Å². The zero-order valence-electron chi connectivity index (χ0n) is 23.8. The van der Waals surface area contributed by atoms with E-state index in [1.165, 1.54) is 0 Å². The molecular weight excluding hydrogens is 512 g/mol. The second-order valence-electron chi connectivity index (χ2n) is 10.9. The molecule has 0 aliphatic carbocycles. The lowest BCUT2D eigenvalue weighted by Gasteiger charge is -2.39. The Labute approximate surface area is 243 Å².